The van der Waals surface area contributed by atoms with Crippen molar-refractivity contribution in [3.8, 4) is 11.1 Å². The van der Waals surface area contributed by atoms with Gasteiger partial charge < -0.3 is 19.8 Å². The number of nitrogens with one attached hydrogen (secondary N) is 2. The van der Waals surface area contributed by atoms with Gasteiger partial charge in [0.15, 0.2) is 0 Å². The van der Waals surface area contributed by atoms with Gasteiger partial charge in [0.2, 0.25) is 5.62 Å². The second-order valence-corrected chi connectivity index (χ2v) is 15.2. The molecule has 4 aromatic rings. The molecule has 0 unspecified atom stereocenters. The molecule has 5 rings (SSSR count). The summed E-state index contributed by atoms with van der Waals surface area (Å²) in [6.45, 7) is 16.4. The number of thiophene rings is 1. The summed E-state index contributed by atoms with van der Waals surface area (Å²) in [6.07, 6.45) is 6.39. The number of H-pyrrole nitrogens is 1. The van der Waals surface area contributed by atoms with Gasteiger partial charge in [-0.15, -0.1) is 11.3 Å². The van der Waals surface area contributed by atoms with Crippen LogP contribution in [-0.2, 0) is 17.9 Å². The highest BCUT2D eigenvalue weighted by Crippen LogP contribution is 2.26. The molecule has 0 spiro atoms. The molecule has 242 valence electrons. The minimum atomic E-state index is -0.378. The number of carbonyl (C=O) groups is 2. The Morgan fingerprint density at radius 3 is 2.67 bits per heavy atom. The van der Waals surface area contributed by atoms with Crippen molar-refractivity contribution in [1.82, 2.24) is 34.5 Å². The minimum absolute atomic E-state index is 0.125. The maximum atomic E-state index is 13.6. The Bertz CT molecular complexity index is 1860. The maximum Gasteiger partial charge on any atom is 0.290 e. The van der Waals surface area contributed by atoms with E-state index in [1.807, 2.05) is 37.5 Å². The maximum absolute atomic E-state index is 13.6. The van der Waals surface area contributed by atoms with E-state index < -0.39 is 0 Å². The van der Waals surface area contributed by atoms with Crippen molar-refractivity contribution in [3.05, 3.63) is 70.7 Å². The summed E-state index contributed by atoms with van der Waals surface area (Å²) < 4.78 is 3.60. The summed E-state index contributed by atoms with van der Waals surface area (Å²) in [5.74, 6) is -0.632. The number of rotatable bonds is 8. The number of allylic oxidation sites excluding steroid dienone is 1. The number of fused-ring (bicyclic) bond motifs is 1. The highest BCUT2D eigenvalue weighted by molar-refractivity contribution is 7.16. The zero-order valence-electron chi connectivity index (χ0n) is 27.7. The molecule has 4 heterocycles. The molecular weight excluding hydrogens is 599 g/mol. The third kappa shape index (κ3) is 7.54. The summed E-state index contributed by atoms with van der Waals surface area (Å²) in [7, 11) is 0. The zero-order chi connectivity index (χ0) is 33.2. The predicted molar refractivity (Wildman–Crippen MR) is 179 cm³/mol. The van der Waals surface area contributed by atoms with Gasteiger partial charge in [-0.3, -0.25) is 9.59 Å². The SMILES string of the molecule is C[C@H](NCc1ccc2c(c1)[nH]/c(=N\C(=O)c1ccc(-n3cncn3)s1)n2C[C@H]1CCCN1C(=O)/C(C#N)=C/C(C)(C)C)C(C)(C)C. The van der Waals surface area contributed by atoms with E-state index in [0.29, 0.717) is 36.2 Å². The van der Waals surface area contributed by atoms with Crippen molar-refractivity contribution in [3.63, 3.8) is 0 Å². The van der Waals surface area contributed by atoms with Gasteiger partial charge >= 0.3 is 0 Å². The summed E-state index contributed by atoms with van der Waals surface area (Å²) in [6, 6.07) is 12.0. The van der Waals surface area contributed by atoms with E-state index in [-0.39, 0.29) is 34.3 Å². The molecule has 11 nitrogen and oxygen atoms in total. The van der Waals surface area contributed by atoms with Crippen molar-refractivity contribution >= 4 is 34.2 Å². The number of imidazole rings is 1. The van der Waals surface area contributed by atoms with Gasteiger partial charge in [0.1, 0.15) is 29.3 Å². The van der Waals surface area contributed by atoms with Crippen LogP contribution >= 0.6 is 11.3 Å². The Kier molecular flexibility index (Phi) is 9.47. The minimum Gasteiger partial charge on any atom is -0.333 e. The van der Waals surface area contributed by atoms with Crippen molar-refractivity contribution < 1.29 is 9.59 Å². The Morgan fingerprint density at radius 2 is 2.00 bits per heavy atom. The molecule has 12 heteroatoms. The molecule has 1 saturated heterocycles. The van der Waals surface area contributed by atoms with E-state index in [0.717, 1.165) is 34.4 Å². The number of carbonyl (C=O) groups excluding carboxylic acids is 2. The van der Waals surface area contributed by atoms with Gasteiger partial charge in [0.25, 0.3) is 11.8 Å². The largest absolute Gasteiger partial charge is 0.333 e. The summed E-state index contributed by atoms with van der Waals surface area (Å²) in [5.41, 5.74) is 3.23. The fraction of sp³-hybridized carbons (Fsp3) is 0.471. The van der Waals surface area contributed by atoms with Crippen LogP contribution in [0.3, 0.4) is 0 Å². The average Bonchev–Trinajstić information content (AvgIpc) is 3.80. The normalized spacial score (nSPS) is 17.1. The van der Waals surface area contributed by atoms with Crippen LogP contribution in [0, 0.1) is 22.2 Å². The van der Waals surface area contributed by atoms with Crippen LogP contribution in [-0.4, -0.2) is 59.7 Å². The lowest BCUT2D eigenvalue weighted by Crippen LogP contribution is -2.40. The zero-order valence-corrected chi connectivity index (χ0v) is 28.5. The highest BCUT2D eigenvalue weighted by Gasteiger charge is 2.32. The fourth-order valence-corrected chi connectivity index (χ4v) is 6.27. The molecule has 0 saturated carbocycles. The van der Waals surface area contributed by atoms with Gasteiger partial charge in [0, 0.05) is 25.7 Å². The smallest absolute Gasteiger partial charge is 0.290 e. The van der Waals surface area contributed by atoms with Crippen LogP contribution in [0.1, 0.15) is 76.5 Å². The second kappa shape index (κ2) is 13.2. The van der Waals surface area contributed by atoms with Gasteiger partial charge in [-0.05, 0) is 60.4 Å². The number of likely N-dealkylation sites (tertiary alicyclic amines) is 1. The first kappa shape index (κ1) is 33.0. The van der Waals surface area contributed by atoms with Crippen LogP contribution < -0.4 is 10.9 Å². The molecule has 1 aliphatic heterocycles. The molecule has 46 heavy (non-hydrogen) atoms. The first-order chi connectivity index (χ1) is 21.7. The van der Waals surface area contributed by atoms with E-state index in [2.05, 4.69) is 71.3 Å². The fourth-order valence-electron chi connectivity index (χ4n) is 5.45. The number of hydrogen-bond donors (Lipinski definition) is 2. The molecule has 2 atom stereocenters. The van der Waals surface area contributed by atoms with E-state index in [1.165, 1.54) is 17.7 Å². The van der Waals surface area contributed by atoms with E-state index in [1.54, 1.807) is 28.1 Å². The van der Waals surface area contributed by atoms with Crippen LogP contribution in [0.5, 0.6) is 0 Å². The number of aromatic nitrogens is 5. The standard InChI is InChI=1S/C34H43N9O2S/c1-22(34(5,6)7)37-18-23-10-11-27-26(15-23)39-32(40-30(44)28-12-13-29(46-28)43-21-36-20-38-43)42(27)19-25-9-8-14-41(25)31(45)24(17-35)16-33(2,3)4/h10-13,15-16,20-22,25,37H,8-9,14,18-19H2,1-7H3,(H,39,40,44)/b24-16+/t22-,25+/m0/s1. The highest BCUT2D eigenvalue weighted by atomic mass is 32.1. The third-order valence-electron chi connectivity index (χ3n) is 8.38. The quantitative estimate of drug-likeness (QED) is 0.196. The van der Waals surface area contributed by atoms with Crippen molar-refractivity contribution in [2.24, 2.45) is 15.8 Å². The lowest BCUT2D eigenvalue weighted by Gasteiger charge is -2.28. The Labute approximate surface area is 273 Å². The lowest BCUT2D eigenvalue weighted by molar-refractivity contribution is -0.127. The molecule has 1 aliphatic rings. The van der Waals surface area contributed by atoms with Crippen molar-refractivity contribution in [2.75, 3.05) is 6.54 Å². The Morgan fingerprint density at radius 1 is 1.22 bits per heavy atom. The van der Waals surface area contributed by atoms with Gasteiger partial charge in [-0.25, -0.2) is 9.67 Å². The Balaban J connectivity index is 1.50. The molecule has 2 N–H and O–H groups in total. The van der Waals surface area contributed by atoms with Crippen LogP contribution in [0.25, 0.3) is 16.0 Å². The summed E-state index contributed by atoms with van der Waals surface area (Å²) in [4.78, 5) is 41.3. The molecule has 0 aliphatic carbocycles. The van der Waals surface area contributed by atoms with Gasteiger partial charge in [0.05, 0.1) is 22.0 Å². The first-order valence-electron chi connectivity index (χ1n) is 15.7. The number of amides is 2. The van der Waals surface area contributed by atoms with E-state index >= 15 is 0 Å². The first-order valence-corrected chi connectivity index (χ1v) is 16.5. The third-order valence-corrected chi connectivity index (χ3v) is 9.44. The number of benzene rings is 1. The monoisotopic (exact) mass is 641 g/mol. The lowest BCUT2D eigenvalue weighted by atomic mass is 9.88. The Hall–Kier alpha value is -4.34. The average molecular weight is 642 g/mol. The predicted octanol–water partition coefficient (Wildman–Crippen LogP) is 5.36. The number of hydrogen-bond acceptors (Lipinski definition) is 7. The van der Waals surface area contributed by atoms with Gasteiger partial charge in [-0.1, -0.05) is 53.7 Å². The van der Waals surface area contributed by atoms with Crippen LogP contribution in [0.4, 0.5) is 0 Å². The molecule has 0 bridgehead atoms. The molecule has 1 aromatic carbocycles. The topological polar surface area (TPSA) is 137 Å². The summed E-state index contributed by atoms with van der Waals surface area (Å²) >= 11 is 1.29. The molecule has 0 radical (unpaired) electrons. The second-order valence-electron chi connectivity index (χ2n) is 14.1. The van der Waals surface area contributed by atoms with Crippen molar-refractivity contribution in [1.29, 1.82) is 5.26 Å². The summed E-state index contributed by atoms with van der Waals surface area (Å²) in [5, 5.41) is 18.4. The van der Waals surface area contributed by atoms with E-state index in [9.17, 15) is 14.9 Å². The van der Waals surface area contributed by atoms with Gasteiger partial charge in [-0.2, -0.15) is 15.4 Å². The number of nitriles is 1. The molecular formula is C34H43N9O2S. The molecule has 2 amide bonds. The van der Waals surface area contributed by atoms with Crippen LogP contribution in [0.15, 0.2) is 59.6 Å². The number of nitrogens with zero attached hydrogens (tertiary/aromatic N) is 7. The van der Waals surface area contributed by atoms with Crippen LogP contribution in [0.2, 0.25) is 0 Å². The van der Waals surface area contributed by atoms with E-state index in [4.69, 9.17) is 0 Å². The van der Waals surface area contributed by atoms with Crippen molar-refractivity contribution in [2.45, 2.75) is 86.5 Å². The molecule has 1 fully saturated rings. The molecule has 3 aromatic heterocycles. The number of aromatic amines is 1.